The van der Waals surface area contributed by atoms with Gasteiger partial charge in [-0.25, -0.2) is 4.79 Å². The maximum Gasteiger partial charge on any atom is 0.331 e. The van der Waals surface area contributed by atoms with Gasteiger partial charge in [-0.05, 0) is 136 Å². The van der Waals surface area contributed by atoms with Crippen LogP contribution in [-0.4, -0.2) is 282 Å². The van der Waals surface area contributed by atoms with E-state index >= 15 is 4.79 Å². The van der Waals surface area contributed by atoms with E-state index in [0.717, 1.165) is 11.6 Å². The van der Waals surface area contributed by atoms with Gasteiger partial charge in [0.25, 0.3) is 0 Å². The zero-order valence-corrected chi connectivity index (χ0v) is 56.3. The van der Waals surface area contributed by atoms with Gasteiger partial charge < -0.3 is 133 Å². The van der Waals surface area contributed by atoms with E-state index in [9.17, 15) is 86.2 Å². The Balaban J connectivity index is 0.904. The van der Waals surface area contributed by atoms with Gasteiger partial charge in [0.15, 0.2) is 37.4 Å². The molecule has 0 aromatic heterocycles. The van der Waals surface area contributed by atoms with E-state index in [4.69, 9.17) is 56.8 Å². The molecule has 11 rings (SSSR count). The number of esters is 2. The van der Waals surface area contributed by atoms with Crippen molar-refractivity contribution < 1.29 is 148 Å². The fourth-order valence-corrected chi connectivity index (χ4v) is 18.8. The number of fused-ring (bicyclic) bond motifs is 7. The highest BCUT2D eigenvalue weighted by Crippen LogP contribution is 2.76. The Hall–Kier alpha value is -4.01. The SMILES string of the molecule is COc1ccc(C=CC(=O)O[C@@H]2[C@H](O)[C@@H](O[C@@H]3O[C@@H](C)[C@H](O[C@@H]4OC[C@@H](O)[C@H](O)[C@H]4O)[C@@H](O[C@@H]4OC[C@](O)(CO)[C@H]4O)[C@H]3O)[C@H](OC(=O)[C@]34CCC(C)(C)C[C@H]3C3=CC[C@@H]5[C@@]6(C)C[C@H](O)[C@H](O[C@@H]7O[C@H](CO)[C@@H](O)[C@H](O)[C@H]7O)[C@@](C)(C(=O)O)[C@@H]6CC[C@@]5(C)[C@]3(CO)CC4)O[C@@H]2C)cc1. The Morgan fingerprint density at radius 2 is 1.27 bits per heavy atom. The topological polar surface area (TPSA) is 465 Å². The smallest absolute Gasteiger partial charge is 0.331 e. The molecule has 0 spiro atoms. The second-order valence-electron chi connectivity index (χ2n) is 30.6. The van der Waals surface area contributed by atoms with Gasteiger partial charge in [0.05, 0.1) is 69.3 Å². The first-order valence-electron chi connectivity index (χ1n) is 34.0. The van der Waals surface area contributed by atoms with Gasteiger partial charge in [-0.15, -0.1) is 0 Å². The number of methoxy groups -OCH3 is 1. The molecule has 15 N–H and O–H groups in total. The van der Waals surface area contributed by atoms with Crippen molar-refractivity contribution >= 4 is 24.0 Å². The third-order valence-corrected chi connectivity index (χ3v) is 24.6. The molecule has 5 aliphatic heterocycles. The van der Waals surface area contributed by atoms with Gasteiger partial charge in [0.2, 0.25) is 6.29 Å². The minimum absolute atomic E-state index is 0.00287. The quantitative estimate of drug-likeness (QED) is 0.0341. The molecule has 5 aliphatic carbocycles. The number of allylic oxidation sites excluding steroid dienone is 1. The van der Waals surface area contributed by atoms with Gasteiger partial charge in [-0.3, -0.25) is 9.59 Å². The highest BCUT2D eigenvalue weighted by molar-refractivity contribution is 5.87. The zero-order chi connectivity index (χ0) is 71.3. The lowest BCUT2D eigenvalue weighted by Crippen LogP contribution is -2.71. The minimum Gasteiger partial charge on any atom is -0.497 e. The molecular weight excluding hydrogens is 1300 g/mol. The van der Waals surface area contributed by atoms with Crippen molar-refractivity contribution in [1.29, 1.82) is 0 Å². The predicted octanol–water partition coefficient (Wildman–Crippen LogP) is -1.60. The second-order valence-corrected chi connectivity index (χ2v) is 30.6. The van der Waals surface area contributed by atoms with Crippen LogP contribution in [0, 0.1) is 50.2 Å². The number of hydrogen-bond acceptors (Lipinski definition) is 29. The normalized spacial score (nSPS) is 49.3. The second kappa shape index (κ2) is 28.2. The van der Waals surface area contributed by atoms with E-state index in [1.165, 1.54) is 34.0 Å². The summed E-state index contributed by atoms with van der Waals surface area (Å²) in [6.07, 6.45) is -32.0. The average Bonchev–Trinajstić information content (AvgIpc) is 0.718. The highest BCUT2D eigenvalue weighted by atomic mass is 16.8. The number of ether oxygens (including phenoxy) is 12. The number of aliphatic hydroxyl groups is 14. The standard InChI is InChI=1S/C68H100O30/c1-30-49(93-41(74)16-11-32-9-12-33(87-8)13-10-32)47(80)52(96-57-48(81)51(95-59-53(82)68(86,28-71)29-89-59)50(31(2)90-57)94-55-45(78)42(75)37(73)26-88-55)58(91-30)98-61(85)66-20-19-62(3,4)23-35(66)34-14-15-39-63(5)24-36(72)54(97-56-46(79)44(77)43(76)38(25-69)92-56)65(7,60(83)84)40(63)17-18-64(39,6)67(34,27-70)22-21-66/h9-14,16,30-31,35-40,42-59,69-73,75-82,86H,15,17-29H2,1-8H3,(H,83,84)/t30-,31+,35+,36+,37-,38-,39-,40-,42+,43-,44+,45-,46-,47+,48-,49+,50+,51+,52-,53+,54+,55+,56+,57+,58+,59+,63-,64-,65+,66+,67+,68-/m1/s1. The number of aliphatic carboxylic acids is 1. The minimum atomic E-state index is -2.23. The number of aliphatic hydroxyl groups excluding tert-OH is 13. The number of carboxylic acids is 1. The van der Waals surface area contributed by atoms with Gasteiger partial charge in [-0.1, -0.05) is 51.5 Å². The highest BCUT2D eigenvalue weighted by Gasteiger charge is 2.74. The van der Waals surface area contributed by atoms with Crippen molar-refractivity contribution in [2.75, 3.05) is 40.1 Å². The van der Waals surface area contributed by atoms with Crippen molar-refractivity contribution in [2.24, 2.45) is 50.2 Å². The molecule has 4 saturated carbocycles. The predicted molar refractivity (Wildman–Crippen MR) is 331 cm³/mol. The first-order valence-corrected chi connectivity index (χ1v) is 34.0. The molecule has 5 heterocycles. The maximum absolute atomic E-state index is 16.0. The summed E-state index contributed by atoms with van der Waals surface area (Å²) in [6, 6.07) is 6.74. The summed E-state index contributed by atoms with van der Waals surface area (Å²) < 4.78 is 72.3. The van der Waals surface area contributed by atoms with E-state index < -0.39 is 230 Å². The Morgan fingerprint density at radius 1 is 0.622 bits per heavy atom. The molecule has 32 atom stereocenters. The zero-order valence-electron chi connectivity index (χ0n) is 56.3. The van der Waals surface area contributed by atoms with Crippen LogP contribution in [0.1, 0.15) is 112 Å². The molecule has 1 aromatic carbocycles. The van der Waals surface area contributed by atoms with Gasteiger partial charge in [0, 0.05) is 11.5 Å². The molecule has 0 unspecified atom stereocenters. The number of benzene rings is 1. The molecular formula is C68H100O30. The van der Waals surface area contributed by atoms with Gasteiger partial charge in [-0.2, -0.15) is 0 Å². The summed E-state index contributed by atoms with van der Waals surface area (Å²) in [4.78, 5) is 43.7. The van der Waals surface area contributed by atoms with Crippen molar-refractivity contribution in [3.05, 3.63) is 47.6 Å². The fourth-order valence-electron chi connectivity index (χ4n) is 18.8. The van der Waals surface area contributed by atoms with E-state index in [1.54, 1.807) is 24.3 Å². The number of carboxylic acid groups (broad SMARTS) is 1. The van der Waals surface area contributed by atoms with Crippen LogP contribution in [0.3, 0.4) is 0 Å². The molecule has 552 valence electrons. The number of hydrogen-bond donors (Lipinski definition) is 15. The third kappa shape index (κ3) is 12.8. The molecule has 0 amide bonds. The van der Waals surface area contributed by atoms with Gasteiger partial charge in [0.1, 0.15) is 90.7 Å². The van der Waals surface area contributed by atoms with Crippen molar-refractivity contribution in [2.45, 2.75) is 253 Å². The molecule has 9 fully saturated rings. The first-order chi connectivity index (χ1) is 46.1. The molecule has 98 heavy (non-hydrogen) atoms. The largest absolute Gasteiger partial charge is 0.497 e. The lowest BCUT2D eigenvalue weighted by atomic mass is 9.33. The summed E-state index contributed by atoms with van der Waals surface area (Å²) in [5.41, 5.74) is -7.21. The van der Waals surface area contributed by atoms with Crippen LogP contribution < -0.4 is 4.74 Å². The van der Waals surface area contributed by atoms with Crippen molar-refractivity contribution in [3.63, 3.8) is 0 Å². The molecule has 1 aromatic rings. The summed E-state index contributed by atoms with van der Waals surface area (Å²) >= 11 is 0. The van der Waals surface area contributed by atoms with Crippen LogP contribution in [0.5, 0.6) is 5.75 Å². The maximum atomic E-state index is 16.0. The summed E-state index contributed by atoms with van der Waals surface area (Å²) in [5.74, 6) is -4.13. The third-order valence-electron chi connectivity index (χ3n) is 24.6. The van der Waals surface area contributed by atoms with E-state index in [0.29, 0.717) is 37.0 Å². The van der Waals surface area contributed by atoms with Crippen LogP contribution in [0.4, 0.5) is 0 Å². The molecule has 0 radical (unpaired) electrons. The Bertz CT molecular complexity index is 3060. The lowest BCUT2D eigenvalue weighted by Gasteiger charge is -2.71. The Labute approximate surface area is 566 Å². The Kier molecular flexibility index (Phi) is 21.6. The number of rotatable bonds is 18. The monoisotopic (exact) mass is 1400 g/mol. The molecule has 5 saturated heterocycles. The summed E-state index contributed by atoms with van der Waals surface area (Å²) in [7, 11) is 1.50. The van der Waals surface area contributed by atoms with Crippen molar-refractivity contribution in [3.8, 4) is 5.75 Å². The van der Waals surface area contributed by atoms with Crippen LogP contribution in [0.25, 0.3) is 6.08 Å². The van der Waals surface area contributed by atoms with Crippen LogP contribution in [-0.2, 0) is 66.5 Å². The van der Waals surface area contributed by atoms with E-state index in [2.05, 4.69) is 26.8 Å². The number of carbonyl (C=O) groups excluding carboxylic acids is 2. The fraction of sp³-hybridized carbons (Fsp3) is 0.809. The first kappa shape index (κ1) is 75.2. The summed E-state index contributed by atoms with van der Waals surface area (Å²) in [6.45, 7) is 9.36. The lowest BCUT2D eigenvalue weighted by molar-refractivity contribution is -0.384. The van der Waals surface area contributed by atoms with Crippen LogP contribution >= 0.6 is 0 Å². The average molecular weight is 1400 g/mol. The van der Waals surface area contributed by atoms with Crippen LogP contribution in [0.2, 0.25) is 0 Å². The van der Waals surface area contributed by atoms with Crippen LogP contribution in [0.15, 0.2) is 42.0 Å². The molecule has 30 nitrogen and oxygen atoms in total. The summed E-state index contributed by atoms with van der Waals surface area (Å²) in [5, 5.41) is 167. The Morgan fingerprint density at radius 3 is 1.92 bits per heavy atom. The molecule has 10 aliphatic rings. The number of carbonyl (C=O) groups is 3. The van der Waals surface area contributed by atoms with E-state index in [1.807, 2.05) is 6.92 Å². The van der Waals surface area contributed by atoms with E-state index in [-0.39, 0.29) is 50.0 Å². The van der Waals surface area contributed by atoms with Crippen molar-refractivity contribution in [1.82, 2.24) is 0 Å². The molecule has 30 heteroatoms. The van der Waals surface area contributed by atoms with Gasteiger partial charge >= 0.3 is 17.9 Å². The molecule has 0 bridgehead atoms.